The molecular weight excluding hydrogens is 325 g/mol. The van der Waals surface area contributed by atoms with E-state index in [0.29, 0.717) is 12.4 Å². The standard InChI is InChI=1S/C18H22NO4P/c1-4-22-24(20,5-2)23-18(16-9-7-11-19-14-16)13-15-8-6-10-17(12-15)21-3/h6-14H,4-5H2,1-3H3/b18-13-. The first-order chi connectivity index (χ1) is 11.6. The molecule has 2 aromatic rings. The number of methoxy groups -OCH3 is 1. The van der Waals surface area contributed by atoms with Gasteiger partial charge in [0.15, 0.2) is 0 Å². The lowest BCUT2D eigenvalue weighted by atomic mass is 10.1. The molecule has 0 bridgehead atoms. The van der Waals surface area contributed by atoms with Gasteiger partial charge in [-0.15, -0.1) is 0 Å². The lowest BCUT2D eigenvalue weighted by Gasteiger charge is -2.19. The van der Waals surface area contributed by atoms with Gasteiger partial charge < -0.3 is 13.8 Å². The van der Waals surface area contributed by atoms with E-state index in [2.05, 4.69) is 4.98 Å². The summed E-state index contributed by atoms with van der Waals surface area (Å²) < 4.78 is 29.2. The lowest BCUT2D eigenvalue weighted by Crippen LogP contribution is -1.99. The minimum absolute atomic E-state index is 0.288. The van der Waals surface area contributed by atoms with Crippen molar-refractivity contribution in [3.05, 3.63) is 59.9 Å². The molecule has 5 nitrogen and oxygen atoms in total. The average Bonchev–Trinajstić information content (AvgIpc) is 2.62. The fraction of sp³-hybridized carbons (Fsp3) is 0.278. The summed E-state index contributed by atoms with van der Waals surface area (Å²) in [6.45, 7) is 3.90. The number of aromatic nitrogens is 1. The monoisotopic (exact) mass is 347 g/mol. The molecule has 128 valence electrons. The highest BCUT2D eigenvalue weighted by atomic mass is 31.2. The molecule has 1 heterocycles. The van der Waals surface area contributed by atoms with Crippen LogP contribution in [0.5, 0.6) is 5.75 Å². The molecule has 2 rings (SSSR count). The first kappa shape index (κ1) is 18.2. The van der Waals surface area contributed by atoms with E-state index in [1.54, 1.807) is 45.5 Å². The minimum atomic E-state index is -3.20. The van der Waals surface area contributed by atoms with E-state index in [0.717, 1.165) is 16.9 Å². The Kier molecular flexibility index (Phi) is 6.59. The molecule has 0 amide bonds. The molecule has 0 N–H and O–H groups in total. The van der Waals surface area contributed by atoms with Gasteiger partial charge in [0, 0.05) is 18.0 Å². The van der Waals surface area contributed by atoms with Crippen LogP contribution in [0.2, 0.25) is 0 Å². The summed E-state index contributed by atoms with van der Waals surface area (Å²) in [5, 5.41) is 0. The summed E-state index contributed by atoms with van der Waals surface area (Å²) in [5.74, 6) is 1.19. The number of benzene rings is 1. The van der Waals surface area contributed by atoms with Crippen LogP contribution in [0.25, 0.3) is 11.8 Å². The van der Waals surface area contributed by atoms with Gasteiger partial charge in [-0.1, -0.05) is 19.1 Å². The molecule has 0 aliphatic heterocycles. The van der Waals surface area contributed by atoms with Crippen LogP contribution in [0.1, 0.15) is 25.0 Å². The zero-order valence-electron chi connectivity index (χ0n) is 14.1. The summed E-state index contributed by atoms with van der Waals surface area (Å²) >= 11 is 0. The first-order valence-corrected chi connectivity index (χ1v) is 9.52. The lowest BCUT2D eigenvalue weighted by molar-refractivity contribution is 0.271. The van der Waals surface area contributed by atoms with Crippen LogP contribution in [-0.2, 0) is 13.6 Å². The molecule has 24 heavy (non-hydrogen) atoms. The van der Waals surface area contributed by atoms with Gasteiger partial charge in [0.05, 0.1) is 19.9 Å². The number of ether oxygens (including phenoxy) is 1. The number of nitrogens with zero attached hydrogens (tertiary/aromatic N) is 1. The van der Waals surface area contributed by atoms with Crippen molar-refractivity contribution in [2.24, 2.45) is 0 Å². The number of hydrogen-bond donors (Lipinski definition) is 0. The Bertz CT molecular complexity index is 731. The molecule has 0 fully saturated rings. The third kappa shape index (κ3) is 4.95. The largest absolute Gasteiger partial charge is 0.497 e. The van der Waals surface area contributed by atoms with Crippen molar-refractivity contribution in [3.8, 4) is 5.75 Å². The topological polar surface area (TPSA) is 57.7 Å². The van der Waals surface area contributed by atoms with Crippen LogP contribution in [0.15, 0.2) is 48.8 Å². The molecule has 1 aromatic heterocycles. The van der Waals surface area contributed by atoms with Crippen LogP contribution in [0.3, 0.4) is 0 Å². The van der Waals surface area contributed by atoms with Gasteiger partial charge >= 0.3 is 7.60 Å². The van der Waals surface area contributed by atoms with Gasteiger partial charge in [0.2, 0.25) is 0 Å². The molecule has 0 saturated heterocycles. The average molecular weight is 347 g/mol. The normalized spacial score (nSPS) is 14.0. The summed E-state index contributed by atoms with van der Waals surface area (Å²) in [5.41, 5.74) is 1.60. The van der Waals surface area contributed by atoms with E-state index >= 15 is 0 Å². The van der Waals surface area contributed by atoms with Gasteiger partial charge in [0.1, 0.15) is 11.5 Å². The second-order valence-corrected chi connectivity index (χ2v) is 7.26. The van der Waals surface area contributed by atoms with Gasteiger partial charge in [-0.3, -0.25) is 4.98 Å². The van der Waals surface area contributed by atoms with Crippen molar-refractivity contribution in [1.29, 1.82) is 0 Å². The Morgan fingerprint density at radius 1 is 1.25 bits per heavy atom. The minimum Gasteiger partial charge on any atom is -0.497 e. The second kappa shape index (κ2) is 8.67. The third-order valence-electron chi connectivity index (χ3n) is 3.29. The molecular formula is C18H22NO4P. The molecule has 0 aliphatic rings. The van der Waals surface area contributed by atoms with Crippen molar-refractivity contribution in [3.63, 3.8) is 0 Å². The zero-order chi connectivity index (χ0) is 17.4. The van der Waals surface area contributed by atoms with Gasteiger partial charge in [-0.25, -0.2) is 4.57 Å². The first-order valence-electron chi connectivity index (χ1n) is 7.79. The van der Waals surface area contributed by atoms with Crippen LogP contribution in [0, 0.1) is 0 Å². The third-order valence-corrected chi connectivity index (χ3v) is 5.19. The summed E-state index contributed by atoms with van der Waals surface area (Å²) in [7, 11) is -1.59. The Balaban J connectivity index is 2.43. The molecule has 0 saturated carbocycles. The van der Waals surface area contributed by atoms with Crippen molar-refractivity contribution in [2.75, 3.05) is 19.9 Å². The molecule has 1 aromatic carbocycles. The quantitative estimate of drug-likeness (QED) is 0.504. The van der Waals surface area contributed by atoms with Crippen molar-refractivity contribution in [2.45, 2.75) is 13.8 Å². The second-order valence-electron chi connectivity index (χ2n) is 4.96. The fourth-order valence-corrected chi connectivity index (χ4v) is 3.30. The highest BCUT2D eigenvalue weighted by Crippen LogP contribution is 2.51. The van der Waals surface area contributed by atoms with Crippen molar-refractivity contribution < 1.29 is 18.3 Å². The maximum absolute atomic E-state index is 12.7. The van der Waals surface area contributed by atoms with E-state index in [9.17, 15) is 4.57 Å². The number of hydrogen-bond acceptors (Lipinski definition) is 5. The van der Waals surface area contributed by atoms with Gasteiger partial charge in [-0.2, -0.15) is 0 Å². The van der Waals surface area contributed by atoms with Crippen LogP contribution in [0.4, 0.5) is 0 Å². The summed E-state index contributed by atoms with van der Waals surface area (Å²) in [6.07, 6.45) is 5.43. The van der Waals surface area contributed by atoms with Crippen molar-refractivity contribution in [1.82, 2.24) is 4.98 Å². The number of rotatable bonds is 8. The van der Waals surface area contributed by atoms with Gasteiger partial charge in [0.25, 0.3) is 0 Å². The fourth-order valence-electron chi connectivity index (χ4n) is 2.08. The van der Waals surface area contributed by atoms with Crippen LogP contribution < -0.4 is 4.74 Å². The van der Waals surface area contributed by atoms with Gasteiger partial charge in [-0.05, 0) is 42.8 Å². The van der Waals surface area contributed by atoms with Crippen LogP contribution in [-0.4, -0.2) is 24.9 Å². The van der Waals surface area contributed by atoms with E-state index < -0.39 is 7.60 Å². The Labute approximate surface area is 142 Å². The Morgan fingerprint density at radius 3 is 2.71 bits per heavy atom. The SMILES string of the molecule is CCOP(=O)(CC)O/C(=C\c1cccc(OC)c1)c1cccnc1. The molecule has 1 atom stereocenters. The number of pyridine rings is 1. The summed E-state index contributed by atoms with van der Waals surface area (Å²) in [4.78, 5) is 4.11. The molecule has 1 unspecified atom stereocenters. The van der Waals surface area contributed by atoms with Crippen LogP contribution >= 0.6 is 7.60 Å². The highest BCUT2D eigenvalue weighted by Gasteiger charge is 2.24. The summed E-state index contributed by atoms with van der Waals surface area (Å²) in [6, 6.07) is 11.2. The molecule has 0 spiro atoms. The molecule has 0 aliphatic carbocycles. The zero-order valence-corrected chi connectivity index (χ0v) is 15.0. The molecule has 0 radical (unpaired) electrons. The maximum atomic E-state index is 12.7. The molecule has 6 heteroatoms. The van der Waals surface area contributed by atoms with E-state index in [4.69, 9.17) is 13.8 Å². The van der Waals surface area contributed by atoms with E-state index in [1.807, 2.05) is 30.3 Å². The van der Waals surface area contributed by atoms with E-state index in [1.165, 1.54) is 0 Å². The van der Waals surface area contributed by atoms with Crippen molar-refractivity contribution >= 4 is 19.4 Å². The smallest absolute Gasteiger partial charge is 0.378 e. The predicted molar refractivity (Wildman–Crippen MR) is 96.0 cm³/mol. The predicted octanol–water partition coefficient (Wildman–Crippen LogP) is 4.85. The Morgan fingerprint density at radius 2 is 2.08 bits per heavy atom. The Hall–Kier alpha value is -2.10. The maximum Gasteiger partial charge on any atom is 0.378 e. The van der Waals surface area contributed by atoms with E-state index in [-0.39, 0.29) is 6.16 Å². The highest BCUT2D eigenvalue weighted by molar-refractivity contribution is 7.54.